The van der Waals surface area contributed by atoms with Crippen molar-refractivity contribution >= 4 is 17.7 Å². The number of carbonyl (C=O) groups excluding carboxylic acids is 1. The highest BCUT2D eigenvalue weighted by molar-refractivity contribution is 7.99. The second kappa shape index (κ2) is 6.85. The summed E-state index contributed by atoms with van der Waals surface area (Å²) in [6, 6.07) is 7.72. The molecule has 0 aliphatic carbocycles. The van der Waals surface area contributed by atoms with Crippen LogP contribution in [0.3, 0.4) is 0 Å². The van der Waals surface area contributed by atoms with Crippen LogP contribution in [0, 0.1) is 25.2 Å². The highest BCUT2D eigenvalue weighted by Crippen LogP contribution is 2.21. The fourth-order valence-electron chi connectivity index (χ4n) is 1.65. The van der Waals surface area contributed by atoms with Crippen LogP contribution in [0.15, 0.2) is 23.4 Å². The minimum absolute atomic E-state index is 0.0485. The van der Waals surface area contributed by atoms with Crippen LogP contribution in [-0.2, 0) is 9.53 Å². The molecule has 8 heteroatoms. The first kappa shape index (κ1) is 15.0. The van der Waals surface area contributed by atoms with Gasteiger partial charge in [0.25, 0.3) is 0 Å². The molecule has 0 saturated carbocycles. The van der Waals surface area contributed by atoms with Crippen LogP contribution in [0.4, 0.5) is 0 Å². The van der Waals surface area contributed by atoms with E-state index in [9.17, 15) is 4.79 Å². The van der Waals surface area contributed by atoms with Crippen molar-refractivity contribution in [3.8, 4) is 11.8 Å². The number of carbonyl (C=O) groups is 1. The van der Waals surface area contributed by atoms with E-state index < -0.39 is 5.97 Å². The summed E-state index contributed by atoms with van der Waals surface area (Å²) < 4.78 is 6.27. The summed E-state index contributed by atoms with van der Waals surface area (Å²) in [5.41, 5.74) is 2.99. The van der Waals surface area contributed by atoms with Crippen LogP contribution < -0.4 is 0 Å². The van der Waals surface area contributed by atoms with E-state index in [1.807, 2.05) is 32.0 Å². The van der Waals surface area contributed by atoms with Gasteiger partial charge in [0.15, 0.2) is 6.61 Å². The zero-order chi connectivity index (χ0) is 15.2. The molecule has 0 spiro atoms. The molecule has 1 aromatic carbocycles. The molecule has 1 heterocycles. The van der Waals surface area contributed by atoms with Gasteiger partial charge in [-0.05, 0) is 41.5 Å². The predicted octanol–water partition coefficient (Wildman–Crippen LogP) is 1.44. The second-order valence-corrected chi connectivity index (χ2v) is 5.21. The Morgan fingerprint density at radius 1 is 1.48 bits per heavy atom. The van der Waals surface area contributed by atoms with Gasteiger partial charge in [0.05, 0.1) is 11.4 Å². The van der Waals surface area contributed by atoms with E-state index in [4.69, 9.17) is 5.26 Å². The van der Waals surface area contributed by atoms with Crippen molar-refractivity contribution in [3.63, 3.8) is 0 Å². The number of aryl methyl sites for hydroxylation is 2. The molecule has 2 rings (SSSR count). The molecular weight excluding hydrogens is 290 g/mol. The molecule has 0 aliphatic rings. The molecule has 0 bridgehead atoms. The molecule has 0 saturated heterocycles. The van der Waals surface area contributed by atoms with Crippen molar-refractivity contribution in [2.75, 3.05) is 12.4 Å². The summed E-state index contributed by atoms with van der Waals surface area (Å²) in [5, 5.41) is 20.4. The summed E-state index contributed by atoms with van der Waals surface area (Å²) in [6.07, 6.45) is 0. The monoisotopic (exact) mass is 303 g/mol. The maximum absolute atomic E-state index is 11.4. The van der Waals surface area contributed by atoms with E-state index in [0.717, 1.165) is 28.6 Å². The lowest BCUT2D eigenvalue weighted by atomic mass is 10.1. The van der Waals surface area contributed by atoms with Gasteiger partial charge in [0.2, 0.25) is 5.16 Å². The Kier molecular flexibility index (Phi) is 4.90. The molecule has 0 fully saturated rings. The number of benzene rings is 1. The number of tetrazole rings is 1. The Bertz CT molecular complexity index is 692. The van der Waals surface area contributed by atoms with Gasteiger partial charge in [-0.3, -0.25) is 4.79 Å². The maximum Gasteiger partial charge on any atom is 0.317 e. The number of nitrogens with zero attached hydrogens (tertiary/aromatic N) is 5. The van der Waals surface area contributed by atoms with Gasteiger partial charge >= 0.3 is 5.97 Å². The third-order valence-electron chi connectivity index (χ3n) is 2.65. The zero-order valence-electron chi connectivity index (χ0n) is 11.6. The number of thioether (sulfide) groups is 1. The number of aromatic nitrogens is 4. The zero-order valence-corrected chi connectivity index (χ0v) is 12.4. The van der Waals surface area contributed by atoms with Gasteiger partial charge < -0.3 is 4.74 Å². The topological polar surface area (TPSA) is 93.7 Å². The van der Waals surface area contributed by atoms with E-state index in [1.165, 1.54) is 0 Å². The van der Waals surface area contributed by atoms with Crippen LogP contribution >= 0.6 is 11.8 Å². The van der Waals surface area contributed by atoms with Crippen molar-refractivity contribution < 1.29 is 9.53 Å². The number of hydrogen-bond donors (Lipinski definition) is 0. The fourth-order valence-corrected chi connectivity index (χ4v) is 2.33. The summed E-state index contributed by atoms with van der Waals surface area (Å²) >= 11 is 1.16. The molecule has 2 aromatic rings. The fraction of sp³-hybridized carbons (Fsp3) is 0.308. The summed E-state index contributed by atoms with van der Waals surface area (Å²) in [6.45, 7) is 3.70. The molecule has 0 atom stereocenters. The molecule has 7 nitrogen and oxygen atoms in total. The molecule has 21 heavy (non-hydrogen) atoms. The predicted molar refractivity (Wildman–Crippen MR) is 75.9 cm³/mol. The Labute approximate surface area is 125 Å². The van der Waals surface area contributed by atoms with Crippen LogP contribution in [0.5, 0.6) is 0 Å². The lowest BCUT2D eigenvalue weighted by molar-refractivity contribution is -0.139. The van der Waals surface area contributed by atoms with Gasteiger partial charge in [-0.1, -0.05) is 23.9 Å². The van der Waals surface area contributed by atoms with E-state index in [1.54, 1.807) is 10.8 Å². The third kappa shape index (κ3) is 3.79. The number of rotatable bonds is 5. The minimum atomic E-state index is -0.475. The van der Waals surface area contributed by atoms with Gasteiger partial charge in [0.1, 0.15) is 6.07 Å². The number of hydrogen-bond acceptors (Lipinski definition) is 7. The first-order valence-electron chi connectivity index (χ1n) is 6.13. The standard InChI is InChI=1S/C13H13N5O2S/c1-9-3-4-10(2)11(7-9)18-13(15-16-17-18)21-8-12(19)20-6-5-14/h3-4,7H,6,8H2,1-2H3. The molecule has 0 radical (unpaired) electrons. The Morgan fingerprint density at radius 3 is 3.05 bits per heavy atom. The average molecular weight is 303 g/mol. The largest absolute Gasteiger partial charge is 0.450 e. The van der Waals surface area contributed by atoms with Gasteiger partial charge in [0, 0.05) is 0 Å². The van der Waals surface area contributed by atoms with Crippen molar-refractivity contribution in [2.24, 2.45) is 0 Å². The third-order valence-corrected chi connectivity index (χ3v) is 3.54. The lowest BCUT2D eigenvalue weighted by Gasteiger charge is -2.08. The molecule has 1 aromatic heterocycles. The van der Waals surface area contributed by atoms with Crippen LogP contribution in [0.2, 0.25) is 0 Å². The molecular formula is C13H13N5O2S. The number of ether oxygens (including phenoxy) is 1. The number of nitriles is 1. The molecule has 108 valence electrons. The highest BCUT2D eigenvalue weighted by atomic mass is 32.2. The Hall–Kier alpha value is -2.40. The van der Waals surface area contributed by atoms with E-state index in [0.29, 0.717) is 5.16 Å². The first-order valence-corrected chi connectivity index (χ1v) is 7.11. The minimum Gasteiger partial charge on any atom is -0.450 e. The van der Waals surface area contributed by atoms with Gasteiger partial charge in [-0.25, -0.2) is 0 Å². The van der Waals surface area contributed by atoms with E-state index >= 15 is 0 Å². The van der Waals surface area contributed by atoms with E-state index in [2.05, 4.69) is 20.3 Å². The summed E-state index contributed by atoms with van der Waals surface area (Å²) in [5.74, 6) is -0.426. The maximum atomic E-state index is 11.4. The Morgan fingerprint density at radius 2 is 2.29 bits per heavy atom. The van der Waals surface area contributed by atoms with Gasteiger partial charge in [-0.15, -0.1) is 5.10 Å². The van der Waals surface area contributed by atoms with Crippen molar-refractivity contribution in [3.05, 3.63) is 29.3 Å². The average Bonchev–Trinajstić information content (AvgIpc) is 2.93. The normalized spacial score (nSPS) is 10.1. The SMILES string of the molecule is Cc1ccc(C)c(-n2nnnc2SCC(=O)OCC#N)c1. The van der Waals surface area contributed by atoms with Crippen LogP contribution in [0.25, 0.3) is 5.69 Å². The molecule has 0 N–H and O–H groups in total. The summed E-state index contributed by atoms with van der Waals surface area (Å²) in [7, 11) is 0. The smallest absolute Gasteiger partial charge is 0.317 e. The number of esters is 1. The molecule has 0 aliphatic heterocycles. The Balaban J connectivity index is 2.14. The van der Waals surface area contributed by atoms with Crippen LogP contribution in [0.1, 0.15) is 11.1 Å². The molecule has 0 unspecified atom stereocenters. The van der Waals surface area contributed by atoms with Crippen molar-refractivity contribution in [2.45, 2.75) is 19.0 Å². The summed E-state index contributed by atoms with van der Waals surface area (Å²) in [4.78, 5) is 11.4. The van der Waals surface area contributed by atoms with E-state index in [-0.39, 0.29) is 12.4 Å². The van der Waals surface area contributed by atoms with Gasteiger partial charge in [-0.2, -0.15) is 9.94 Å². The highest BCUT2D eigenvalue weighted by Gasteiger charge is 2.13. The van der Waals surface area contributed by atoms with Crippen molar-refractivity contribution in [1.82, 2.24) is 20.2 Å². The van der Waals surface area contributed by atoms with Crippen LogP contribution in [-0.4, -0.2) is 38.5 Å². The lowest BCUT2D eigenvalue weighted by Crippen LogP contribution is -2.09. The van der Waals surface area contributed by atoms with Crippen molar-refractivity contribution in [1.29, 1.82) is 5.26 Å². The quantitative estimate of drug-likeness (QED) is 0.609. The first-order chi connectivity index (χ1) is 10.1. The second-order valence-electron chi connectivity index (χ2n) is 4.27. The molecule has 0 amide bonds.